The molecule has 0 aliphatic carbocycles. The van der Waals surface area contributed by atoms with Crippen molar-refractivity contribution in [1.29, 1.82) is 0 Å². The Balaban J connectivity index is 2.78. The number of anilines is 1. The maximum Gasteiger partial charge on any atom is 0.305 e. The Kier molecular flexibility index (Phi) is 5.16. The van der Waals surface area contributed by atoms with E-state index in [1.165, 1.54) is 4.90 Å². The van der Waals surface area contributed by atoms with Crippen LogP contribution in [0, 0.1) is 0 Å². The van der Waals surface area contributed by atoms with Crippen LogP contribution >= 0.6 is 0 Å². The average Bonchev–Trinajstić information content (AvgIpc) is 2.30. The minimum atomic E-state index is -0.925. The van der Waals surface area contributed by atoms with E-state index in [0.29, 0.717) is 5.69 Å². The Morgan fingerprint density at radius 1 is 1.18 bits per heavy atom. The van der Waals surface area contributed by atoms with E-state index in [-0.39, 0.29) is 31.8 Å². The van der Waals surface area contributed by atoms with Crippen LogP contribution in [0.4, 0.5) is 5.69 Å². The summed E-state index contributed by atoms with van der Waals surface area (Å²) in [7, 11) is 0. The lowest BCUT2D eigenvalue weighted by atomic mass is 10.2. The molecule has 0 unspecified atom stereocenters. The molecule has 0 saturated carbocycles. The lowest BCUT2D eigenvalue weighted by molar-refractivity contribution is -0.136. The van der Waals surface area contributed by atoms with E-state index < -0.39 is 5.97 Å². The summed E-state index contributed by atoms with van der Waals surface area (Å²) in [6.45, 7) is 0.424. The van der Waals surface area contributed by atoms with Gasteiger partial charge in [0.05, 0.1) is 6.42 Å². The molecule has 0 fully saturated rings. The highest BCUT2D eigenvalue weighted by Gasteiger charge is 2.15. The van der Waals surface area contributed by atoms with E-state index in [0.717, 1.165) is 0 Å². The molecule has 0 heterocycles. The molecule has 1 aromatic carbocycles. The van der Waals surface area contributed by atoms with Crippen LogP contribution in [-0.2, 0) is 9.59 Å². The molecule has 1 rings (SSSR count). The van der Waals surface area contributed by atoms with Crippen molar-refractivity contribution in [2.45, 2.75) is 12.8 Å². The molecule has 1 amide bonds. The van der Waals surface area contributed by atoms with E-state index >= 15 is 0 Å². The summed E-state index contributed by atoms with van der Waals surface area (Å²) < 4.78 is 0. The summed E-state index contributed by atoms with van der Waals surface area (Å²) in [6.07, 6.45) is 0.139. The average molecular weight is 236 g/mol. The topological polar surface area (TPSA) is 83.6 Å². The van der Waals surface area contributed by atoms with Crippen molar-refractivity contribution in [3.63, 3.8) is 0 Å². The van der Waals surface area contributed by atoms with Crippen LogP contribution in [0.15, 0.2) is 30.3 Å². The van der Waals surface area contributed by atoms with E-state index in [4.69, 9.17) is 10.8 Å². The van der Waals surface area contributed by atoms with Crippen LogP contribution in [0.1, 0.15) is 12.8 Å². The van der Waals surface area contributed by atoms with Gasteiger partial charge in [-0.1, -0.05) is 18.2 Å². The van der Waals surface area contributed by atoms with Crippen LogP contribution in [0.25, 0.3) is 0 Å². The SMILES string of the molecule is NCCC(=O)N(CCC(=O)O)c1ccccc1. The zero-order chi connectivity index (χ0) is 12.7. The van der Waals surface area contributed by atoms with Gasteiger partial charge < -0.3 is 15.7 Å². The molecule has 0 aliphatic rings. The largest absolute Gasteiger partial charge is 0.481 e. The smallest absolute Gasteiger partial charge is 0.305 e. The third-order valence-corrected chi connectivity index (χ3v) is 2.28. The Morgan fingerprint density at radius 2 is 1.82 bits per heavy atom. The molecule has 1 aromatic rings. The van der Waals surface area contributed by atoms with E-state index in [2.05, 4.69) is 0 Å². The van der Waals surface area contributed by atoms with Gasteiger partial charge in [0.25, 0.3) is 0 Å². The highest BCUT2D eigenvalue weighted by Crippen LogP contribution is 2.14. The monoisotopic (exact) mass is 236 g/mol. The zero-order valence-corrected chi connectivity index (χ0v) is 9.50. The number of hydrogen-bond acceptors (Lipinski definition) is 3. The van der Waals surface area contributed by atoms with Gasteiger partial charge in [-0.15, -0.1) is 0 Å². The Labute approximate surface area is 99.8 Å². The number of benzene rings is 1. The van der Waals surface area contributed by atoms with E-state index in [1.807, 2.05) is 6.07 Å². The predicted octanol–water partition coefficient (Wildman–Crippen LogP) is 0.843. The number of rotatable bonds is 6. The van der Waals surface area contributed by atoms with Crippen LogP contribution in [0.3, 0.4) is 0 Å². The third kappa shape index (κ3) is 4.24. The second-order valence-corrected chi connectivity index (χ2v) is 3.56. The Hall–Kier alpha value is -1.88. The molecule has 0 spiro atoms. The van der Waals surface area contributed by atoms with Gasteiger partial charge in [-0.25, -0.2) is 0 Å². The summed E-state index contributed by atoms with van der Waals surface area (Å²) in [4.78, 5) is 23.8. The molecule has 17 heavy (non-hydrogen) atoms. The molecule has 0 aromatic heterocycles. The van der Waals surface area contributed by atoms with Crippen molar-refractivity contribution in [3.05, 3.63) is 30.3 Å². The van der Waals surface area contributed by atoms with Gasteiger partial charge in [0.1, 0.15) is 0 Å². The van der Waals surface area contributed by atoms with Gasteiger partial charge in [-0.2, -0.15) is 0 Å². The zero-order valence-electron chi connectivity index (χ0n) is 9.50. The van der Waals surface area contributed by atoms with Crippen molar-refractivity contribution >= 4 is 17.6 Å². The van der Waals surface area contributed by atoms with Crippen molar-refractivity contribution in [1.82, 2.24) is 0 Å². The van der Waals surface area contributed by atoms with Crippen LogP contribution in [0.5, 0.6) is 0 Å². The van der Waals surface area contributed by atoms with Crippen molar-refractivity contribution in [2.75, 3.05) is 18.0 Å². The first-order valence-corrected chi connectivity index (χ1v) is 5.42. The summed E-state index contributed by atoms with van der Waals surface area (Å²) in [5.41, 5.74) is 6.04. The van der Waals surface area contributed by atoms with Crippen LogP contribution in [-0.4, -0.2) is 30.1 Å². The van der Waals surface area contributed by atoms with Crippen LogP contribution in [0.2, 0.25) is 0 Å². The van der Waals surface area contributed by atoms with Gasteiger partial charge in [-0.3, -0.25) is 9.59 Å². The fourth-order valence-electron chi connectivity index (χ4n) is 1.47. The standard InChI is InChI=1S/C12H16N2O3/c13-8-6-11(15)14(9-7-12(16)17)10-4-2-1-3-5-10/h1-5H,6-9,13H2,(H,16,17). The quantitative estimate of drug-likeness (QED) is 0.766. The Morgan fingerprint density at radius 3 is 2.35 bits per heavy atom. The van der Waals surface area contributed by atoms with Gasteiger partial charge in [0.15, 0.2) is 0 Å². The fraction of sp³-hybridized carbons (Fsp3) is 0.333. The molecule has 0 atom stereocenters. The number of nitrogens with zero attached hydrogens (tertiary/aromatic N) is 1. The third-order valence-electron chi connectivity index (χ3n) is 2.28. The first-order chi connectivity index (χ1) is 8.15. The molecule has 0 bridgehead atoms. The van der Waals surface area contributed by atoms with Gasteiger partial charge >= 0.3 is 5.97 Å². The van der Waals surface area contributed by atoms with Gasteiger partial charge in [0.2, 0.25) is 5.91 Å². The van der Waals surface area contributed by atoms with Crippen molar-refractivity contribution in [3.8, 4) is 0 Å². The number of carboxylic acids is 1. The number of carbonyl (C=O) groups excluding carboxylic acids is 1. The minimum Gasteiger partial charge on any atom is -0.481 e. The molecule has 5 nitrogen and oxygen atoms in total. The minimum absolute atomic E-state index is 0.0782. The molecule has 5 heteroatoms. The number of carboxylic acid groups (broad SMARTS) is 1. The van der Waals surface area contributed by atoms with Gasteiger partial charge in [0, 0.05) is 25.2 Å². The predicted molar refractivity (Wildman–Crippen MR) is 64.7 cm³/mol. The highest BCUT2D eigenvalue weighted by molar-refractivity contribution is 5.93. The second-order valence-electron chi connectivity index (χ2n) is 3.56. The number of amides is 1. The fourth-order valence-corrected chi connectivity index (χ4v) is 1.47. The number of carbonyl (C=O) groups is 2. The maximum absolute atomic E-state index is 11.8. The molecule has 92 valence electrons. The summed E-state index contributed by atoms with van der Waals surface area (Å²) in [5, 5.41) is 8.66. The second kappa shape index (κ2) is 6.65. The molecular weight excluding hydrogens is 220 g/mol. The normalized spacial score (nSPS) is 9.94. The molecular formula is C12H16N2O3. The lowest BCUT2D eigenvalue weighted by Crippen LogP contribution is -2.34. The van der Waals surface area contributed by atoms with Gasteiger partial charge in [-0.05, 0) is 12.1 Å². The summed E-state index contributed by atoms with van der Waals surface area (Å²) in [6, 6.07) is 9.00. The summed E-state index contributed by atoms with van der Waals surface area (Å²) >= 11 is 0. The first kappa shape index (κ1) is 13.2. The molecule has 0 saturated heterocycles. The number of hydrogen-bond donors (Lipinski definition) is 2. The summed E-state index contributed by atoms with van der Waals surface area (Å²) in [5.74, 6) is -1.08. The molecule has 0 aliphatic heterocycles. The molecule has 3 N–H and O–H groups in total. The van der Waals surface area contributed by atoms with Crippen molar-refractivity contribution < 1.29 is 14.7 Å². The Bertz CT molecular complexity index is 379. The lowest BCUT2D eigenvalue weighted by Gasteiger charge is -2.21. The van der Waals surface area contributed by atoms with E-state index in [1.54, 1.807) is 24.3 Å². The number of para-hydroxylation sites is 1. The molecule has 0 radical (unpaired) electrons. The van der Waals surface area contributed by atoms with Crippen LogP contribution < -0.4 is 10.6 Å². The maximum atomic E-state index is 11.8. The highest BCUT2D eigenvalue weighted by atomic mass is 16.4. The number of aliphatic carboxylic acids is 1. The number of nitrogens with two attached hydrogens (primary N) is 1. The van der Waals surface area contributed by atoms with Crippen molar-refractivity contribution in [2.24, 2.45) is 5.73 Å². The first-order valence-electron chi connectivity index (χ1n) is 5.42. The van der Waals surface area contributed by atoms with E-state index in [9.17, 15) is 9.59 Å².